The Hall–Kier alpha value is -2.70. The maximum atomic E-state index is 12.3. The Bertz CT molecular complexity index is 838. The number of aryl methyl sites for hydroxylation is 1. The molecule has 0 aliphatic heterocycles. The predicted molar refractivity (Wildman–Crippen MR) is 68.1 cm³/mol. The predicted octanol–water partition coefficient (Wildman–Crippen LogP) is 0.111. The smallest absolute Gasteiger partial charge is 0.271 e. The van der Waals surface area contributed by atoms with Crippen LogP contribution < -0.4 is 17.0 Å². The lowest BCUT2D eigenvalue weighted by atomic mass is 10.3. The van der Waals surface area contributed by atoms with Crippen molar-refractivity contribution in [3.8, 4) is 0 Å². The van der Waals surface area contributed by atoms with Crippen LogP contribution >= 0.6 is 0 Å². The van der Waals surface area contributed by atoms with Crippen LogP contribution in [-0.4, -0.2) is 19.4 Å². The number of hydrogen-bond acceptors (Lipinski definition) is 6. The Morgan fingerprint density at radius 1 is 1.17 bits per heavy atom. The number of nitrogens with zero attached hydrogens (tertiary/aromatic N) is 4. The maximum absolute atomic E-state index is 12.3. The Labute approximate surface area is 101 Å². The van der Waals surface area contributed by atoms with Gasteiger partial charge in [0.25, 0.3) is 5.56 Å². The normalized spacial score (nSPS) is 11.2. The van der Waals surface area contributed by atoms with Gasteiger partial charge in [0, 0.05) is 6.20 Å². The second-order valence-corrected chi connectivity index (χ2v) is 4.02. The summed E-state index contributed by atoms with van der Waals surface area (Å²) < 4.78 is 1.42. The molecule has 0 bridgehead atoms. The van der Waals surface area contributed by atoms with Gasteiger partial charge in [0.05, 0.1) is 0 Å². The van der Waals surface area contributed by atoms with Crippen molar-refractivity contribution >= 4 is 28.4 Å². The number of hydrogen-bond donors (Lipinski definition) is 2. The molecule has 3 aromatic heterocycles. The van der Waals surface area contributed by atoms with Crippen LogP contribution in [0.4, 0.5) is 11.8 Å². The first-order valence-corrected chi connectivity index (χ1v) is 5.28. The third-order valence-electron chi connectivity index (χ3n) is 2.66. The SMILES string of the molecule is Cc1ccc2nc3nc(N)nc(N)c3c(=O)n2c1. The molecule has 0 atom stereocenters. The summed E-state index contributed by atoms with van der Waals surface area (Å²) in [5, 5.41) is 0.187. The summed E-state index contributed by atoms with van der Waals surface area (Å²) in [6.45, 7) is 1.89. The maximum Gasteiger partial charge on any atom is 0.271 e. The van der Waals surface area contributed by atoms with Gasteiger partial charge in [-0.25, -0.2) is 4.98 Å². The summed E-state index contributed by atoms with van der Waals surface area (Å²) in [5.41, 5.74) is 12.6. The lowest BCUT2D eigenvalue weighted by molar-refractivity contribution is 1.05. The molecule has 90 valence electrons. The highest BCUT2D eigenvalue weighted by atomic mass is 16.1. The molecule has 0 saturated carbocycles. The van der Waals surface area contributed by atoms with Crippen molar-refractivity contribution in [1.82, 2.24) is 19.4 Å². The van der Waals surface area contributed by atoms with E-state index < -0.39 is 0 Å². The molecule has 7 nitrogen and oxygen atoms in total. The van der Waals surface area contributed by atoms with Crippen LogP contribution in [-0.2, 0) is 0 Å². The largest absolute Gasteiger partial charge is 0.383 e. The van der Waals surface area contributed by atoms with Crippen molar-refractivity contribution in [1.29, 1.82) is 0 Å². The number of nitrogen functional groups attached to an aromatic ring is 2. The van der Waals surface area contributed by atoms with Crippen molar-refractivity contribution in [2.75, 3.05) is 11.5 Å². The van der Waals surface area contributed by atoms with E-state index in [0.29, 0.717) is 5.65 Å². The minimum Gasteiger partial charge on any atom is -0.383 e. The van der Waals surface area contributed by atoms with E-state index in [9.17, 15) is 4.79 Å². The van der Waals surface area contributed by atoms with Crippen LogP contribution in [0, 0.1) is 6.92 Å². The molecule has 0 aliphatic rings. The Kier molecular flexibility index (Phi) is 1.97. The van der Waals surface area contributed by atoms with E-state index in [0.717, 1.165) is 5.56 Å². The van der Waals surface area contributed by atoms with Crippen molar-refractivity contribution in [3.05, 3.63) is 34.2 Å². The van der Waals surface area contributed by atoms with Crippen molar-refractivity contribution in [2.45, 2.75) is 6.92 Å². The molecule has 0 unspecified atom stereocenters. The van der Waals surface area contributed by atoms with Crippen molar-refractivity contribution in [2.24, 2.45) is 0 Å². The summed E-state index contributed by atoms with van der Waals surface area (Å²) in [5.74, 6) is 0.0502. The van der Waals surface area contributed by atoms with E-state index in [4.69, 9.17) is 11.5 Å². The van der Waals surface area contributed by atoms with Gasteiger partial charge in [0.1, 0.15) is 16.9 Å². The monoisotopic (exact) mass is 242 g/mol. The Balaban J connectivity index is 2.61. The fourth-order valence-electron chi connectivity index (χ4n) is 1.85. The first-order valence-electron chi connectivity index (χ1n) is 5.28. The summed E-state index contributed by atoms with van der Waals surface area (Å²) in [7, 11) is 0. The molecule has 3 rings (SSSR count). The van der Waals surface area contributed by atoms with Gasteiger partial charge >= 0.3 is 0 Å². The molecular weight excluding hydrogens is 232 g/mol. The van der Waals surface area contributed by atoms with Crippen LogP contribution in [0.5, 0.6) is 0 Å². The Morgan fingerprint density at radius 3 is 2.72 bits per heavy atom. The van der Waals surface area contributed by atoms with Crippen LogP contribution in [0.3, 0.4) is 0 Å². The van der Waals surface area contributed by atoms with E-state index in [-0.39, 0.29) is 28.4 Å². The van der Waals surface area contributed by atoms with E-state index in [2.05, 4.69) is 15.0 Å². The molecule has 3 heterocycles. The number of nitrogens with two attached hydrogens (primary N) is 2. The molecule has 0 saturated heterocycles. The standard InChI is InChI=1S/C11H10N6O/c1-5-2-3-6-14-9-7(10(18)17(6)4-5)8(12)15-11(13)16-9/h2-4H,1H3,(H4,12,13,15,16). The van der Waals surface area contributed by atoms with Gasteiger partial charge in [-0.15, -0.1) is 0 Å². The first-order chi connectivity index (χ1) is 8.56. The molecule has 0 aromatic carbocycles. The summed E-state index contributed by atoms with van der Waals surface area (Å²) >= 11 is 0. The van der Waals surface area contributed by atoms with E-state index in [1.54, 1.807) is 12.3 Å². The van der Waals surface area contributed by atoms with Crippen LogP contribution in [0.25, 0.3) is 16.7 Å². The number of anilines is 2. The summed E-state index contributed by atoms with van der Waals surface area (Å²) in [6.07, 6.45) is 1.69. The van der Waals surface area contributed by atoms with Gasteiger partial charge in [-0.3, -0.25) is 9.20 Å². The lowest BCUT2D eigenvalue weighted by Crippen LogP contribution is -2.18. The zero-order valence-corrected chi connectivity index (χ0v) is 9.58. The van der Waals surface area contributed by atoms with Gasteiger partial charge in [-0.2, -0.15) is 9.97 Å². The number of pyridine rings is 1. The van der Waals surface area contributed by atoms with Crippen molar-refractivity contribution in [3.63, 3.8) is 0 Å². The fraction of sp³-hybridized carbons (Fsp3) is 0.0909. The molecule has 7 heteroatoms. The average molecular weight is 242 g/mol. The molecule has 0 aliphatic carbocycles. The number of fused-ring (bicyclic) bond motifs is 2. The number of aromatic nitrogens is 4. The van der Waals surface area contributed by atoms with E-state index >= 15 is 0 Å². The highest BCUT2D eigenvalue weighted by molar-refractivity contribution is 5.86. The highest BCUT2D eigenvalue weighted by Gasteiger charge is 2.11. The van der Waals surface area contributed by atoms with Gasteiger partial charge < -0.3 is 11.5 Å². The van der Waals surface area contributed by atoms with E-state index in [1.807, 2.05) is 13.0 Å². The van der Waals surface area contributed by atoms with Crippen molar-refractivity contribution < 1.29 is 0 Å². The van der Waals surface area contributed by atoms with Gasteiger partial charge in [-0.05, 0) is 18.6 Å². The second-order valence-electron chi connectivity index (χ2n) is 4.02. The minimum absolute atomic E-state index is 0.00311. The van der Waals surface area contributed by atoms with Gasteiger partial charge in [0.15, 0.2) is 5.65 Å². The average Bonchev–Trinajstić information content (AvgIpc) is 2.29. The summed E-state index contributed by atoms with van der Waals surface area (Å²) in [4.78, 5) is 24.3. The summed E-state index contributed by atoms with van der Waals surface area (Å²) in [6, 6.07) is 3.60. The van der Waals surface area contributed by atoms with Gasteiger partial charge in [0.2, 0.25) is 5.95 Å². The molecule has 0 spiro atoms. The lowest BCUT2D eigenvalue weighted by Gasteiger charge is -2.05. The third-order valence-corrected chi connectivity index (χ3v) is 2.66. The zero-order valence-electron chi connectivity index (χ0n) is 9.58. The topological polar surface area (TPSA) is 112 Å². The molecule has 0 amide bonds. The first kappa shape index (κ1) is 10.5. The van der Waals surface area contributed by atoms with Crippen LogP contribution in [0.1, 0.15) is 5.56 Å². The Morgan fingerprint density at radius 2 is 1.94 bits per heavy atom. The molecule has 18 heavy (non-hydrogen) atoms. The molecular formula is C11H10N6O. The molecule has 4 N–H and O–H groups in total. The highest BCUT2D eigenvalue weighted by Crippen LogP contribution is 2.14. The second kappa shape index (κ2) is 3.39. The zero-order chi connectivity index (χ0) is 12.9. The van der Waals surface area contributed by atoms with Crippen LogP contribution in [0.2, 0.25) is 0 Å². The van der Waals surface area contributed by atoms with E-state index in [1.165, 1.54) is 4.40 Å². The molecule has 0 fully saturated rings. The third kappa shape index (κ3) is 1.37. The number of rotatable bonds is 0. The quantitative estimate of drug-likeness (QED) is 0.541. The van der Waals surface area contributed by atoms with Crippen LogP contribution in [0.15, 0.2) is 23.1 Å². The minimum atomic E-state index is -0.295. The molecule has 3 aromatic rings. The fourth-order valence-corrected chi connectivity index (χ4v) is 1.85. The molecule has 0 radical (unpaired) electrons. The van der Waals surface area contributed by atoms with Gasteiger partial charge in [-0.1, -0.05) is 6.07 Å².